The van der Waals surface area contributed by atoms with Crippen LogP contribution in [0.4, 0.5) is 0 Å². The summed E-state index contributed by atoms with van der Waals surface area (Å²) in [5, 5.41) is 19.7. The molecule has 2 unspecified atom stereocenters. The van der Waals surface area contributed by atoms with E-state index in [9.17, 15) is 28.2 Å². The highest BCUT2D eigenvalue weighted by Crippen LogP contribution is 2.68. The van der Waals surface area contributed by atoms with E-state index in [0.29, 0.717) is 31.8 Å². The number of carboxylic acids is 1. The van der Waals surface area contributed by atoms with Gasteiger partial charge < -0.3 is 15.1 Å². The Bertz CT molecular complexity index is 1130. The molecule has 2 heterocycles. The second kappa shape index (κ2) is 8.34. The van der Waals surface area contributed by atoms with Crippen LogP contribution in [-0.4, -0.2) is 59.5 Å². The molecule has 0 aromatic rings. The fourth-order valence-corrected chi connectivity index (χ4v) is 11.9. The number of carboxylic acid groups (broad SMARTS) is 1. The van der Waals surface area contributed by atoms with Crippen LogP contribution < -0.4 is 0 Å². The summed E-state index contributed by atoms with van der Waals surface area (Å²) in [5.74, 6) is -1.64. The molecule has 5 aliphatic rings. The van der Waals surface area contributed by atoms with E-state index in [1.165, 1.54) is 12.5 Å². The van der Waals surface area contributed by atoms with Gasteiger partial charge >= 0.3 is 5.97 Å². The molecule has 0 aromatic carbocycles. The van der Waals surface area contributed by atoms with Gasteiger partial charge in [-0.15, -0.1) is 0 Å². The van der Waals surface area contributed by atoms with Crippen LogP contribution in [0.1, 0.15) is 72.6 Å². The molecule has 7 nitrogen and oxygen atoms in total. The fourth-order valence-electron chi connectivity index (χ4n) is 9.19. The number of amides is 1. The van der Waals surface area contributed by atoms with Crippen LogP contribution >= 0.6 is 0 Å². The minimum atomic E-state index is -3.59. The summed E-state index contributed by atoms with van der Waals surface area (Å²) in [6, 6.07) is 0. The van der Waals surface area contributed by atoms with Crippen molar-refractivity contribution in [3.05, 3.63) is 23.5 Å². The number of carbonyl (C=O) groups is 2. The van der Waals surface area contributed by atoms with Gasteiger partial charge in [-0.25, -0.2) is 8.42 Å². The van der Waals surface area contributed by atoms with E-state index in [-0.39, 0.29) is 45.2 Å². The van der Waals surface area contributed by atoms with E-state index in [4.69, 9.17) is 0 Å². The Morgan fingerprint density at radius 1 is 0.972 bits per heavy atom. The smallest absolute Gasteiger partial charge is 0.306 e. The Labute approximate surface area is 214 Å². The van der Waals surface area contributed by atoms with E-state index < -0.39 is 32.9 Å². The molecule has 6 atom stereocenters. The van der Waals surface area contributed by atoms with Crippen LogP contribution in [0.2, 0.25) is 0 Å². The lowest BCUT2D eigenvalue weighted by Crippen LogP contribution is -2.64. The number of carbonyl (C=O) groups excluding carboxylic acids is 1. The Hall–Kier alpha value is -1.83. The maximum Gasteiger partial charge on any atom is 0.306 e. The van der Waals surface area contributed by atoms with Crippen LogP contribution in [0.15, 0.2) is 23.5 Å². The molecule has 36 heavy (non-hydrogen) atoms. The van der Waals surface area contributed by atoms with Crippen molar-refractivity contribution in [1.82, 2.24) is 4.90 Å². The first-order chi connectivity index (χ1) is 16.7. The second-order valence-electron chi connectivity index (χ2n) is 13.4. The van der Waals surface area contributed by atoms with Gasteiger partial charge in [0.25, 0.3) is 5.91 Å². The molecular weight excluding hydrogens is 478 g/mol. The number of aliphatic carboxylic acids is 1. The molecule has 1 amide bonds. The lowest BCUT2D eigenvalue weighted by atomic mass is 9.41. The number of allylic oxidation sites excluding steroid dienone is 1. The van der Waals surface area contributed by atoms with E-state index >= 15 is 0 Å². The first-order valence-corrected chi connectivity index (χ1v) is 15.3. The average Bonchev–Trinajstić information content (AvgIpc) is 2.79. The molecule has 4 fully saturated rings. The molecule has 3 aliphatic carbocycles. The Morgan fingerprint density at radius 3 is 2.28 bits per heavy atom. The van der Waals surface area contributed by atoms with Gasteiger partial charge in [0.15, 0.2) is 9.84 Å². The van der Waals surface area contributed by atoms with Gasteiger partial charge in [-0.1, -0.05) is 40.2 Å². The van der Waals surface area contributed by atoms with Crippen molar-refractivity contribution in [1.29, 1.82) is 0 Å². The van der Waals surface area contributed by atoms with Crippen LogP contribution in [0.5, 0.6) is 0 Å². The van der Waals surface area contributed by atoms with Crippen LogP contribution in [-0.2, 0) is 19.4 Å². The highest BCUT2D eigenvalue weighted by molar-refractivity contribution is 7.92. The molecule has 0 radical (unpaired) electrons. The van der Waals surface area contributed by atoms with Crippen LogP contribution in [0.3, 0.4) is 0 Å². The molecule has 200 valence electrons. The van der Waals surface area contributed by atoms with Crippen molar-refractivity contribution in [2.24, 2.45) is 39.9 Å². The summed E-state index contributed by atoms with van der Waals surface area (Å²) >= 11 is 0. The van der Waals surface area contributed by atoms with E-state index in [2.05, 4.69) is 27.7 Å². The van der Waals surface area contributed by atoms with Gasteiger partial charge in [-0.2, -0.15) is 0 Å². The highest BCUT2D eigenvalue weighted by Gasteiger charge is 2.66. The summed E-state index contributed by atoms with van der Waals surface area (Å²) in [4.78, 5) is 26.2. The fraction of sp³-hybridized carbons (Fsp3) is 0.786. The Balaban J connectivity index is 1.46. The van der Waals surface area contributed by atoms with Crippen molar-refractivity contribution in [3.63, 3.8) is 0 Å². The third-order valence-electron chi connectivity index (χ3n) is 11.0. The quantitative estimate of drug-likeness (QED) is 0.561. The first kappa shape index (κ1) is 25.8. The number of piperidine rings is 1. The maximum atomic E-state index is 13.8. The number of hydrogen-bond donors (Lipinski definition) is 2. The lowest BCUT2D eigenvalue weighted by molar-refractivity contribution is -0.145. The SMILES string of the molecule is CC1(C)CCC[C@]2(C)[C@H]3CS(=O)(=O)C4C=C(C(=O)N5CCC(C(=O)O)CC5)C=C(O)C4[C@]3(C)CC[C@@H]12. The molecular formula is C28H41NO6S. The Morgan fingerprint density at radius 2 is 1.64 bits per heavy atom. The monoisotopic (exact) mass is 519 g/mol. The molecule has 0 aromatic heterocycles. The van der Waals surface area contributed by atoms with Gasteiger partial charge in [0.2, 0.25) is 0 Å². The molecule has 2 aliphatic heterocycles. The van der Waals surface area contributed by atoms with Gasteiger partial charge in [0.05, 0.1) is 22.7 Å². The molecule has 5 rings (SSSR count). The van der Waals surface area contributed by atoms with Crippen LogP contribution in [0, 0.1) is 39.9 Å². The molecule has 0 spiro atoms. The van der Waals surface area contributed by atoms with E-state index in [1.54, 1.807) is 11.0 Å². The lowest BCUT2D eigenvalue weighted by Gasteiger charge is -2.66. The standard InChI is InChI=1S/C28H41NO6S/c1-26(2)9-5-10-27(3)21(26)6-11-28(4)22(27)16-36(34,35)20-15-18(14-19(30)23(20)28)24(31)29-12-7-17(8-13-29)25(32)33/h14-15,17,20-23,30H,5-13,16H2,1-4H3,(H,32,33)/t20?,21-,22+,23?,27-,28+/m0/s1. The van der Waals surface area contributed by atoms with Gasteiger partial charge in [0, 0.05) is 24.6 Å². The predicted molar refractivity (Wildman–Crippen MR) is 137 cm³/mol. The number of fused-ring (bicyclic) bond motifs is 5. The number of hydrogen-bond acceptors (Lipinski definition) is 5. The largest absolute Gasteiger partial charge is 0.512 e. The molecule has 8 heteroatoms. The van der Waals surface area contributed by atoms with Crippen molar-refractivity contribution < 1.29 is 28.2 Å². The van der Waals surface area contributed by atoms with Crippen LogP contribution in [0.25, 0.3) is 0 Å². The number of aliphatic hydroxyl groups is 1. The number of likely N-dealkylation sites (tertiary alicyclic amines) is 1. The zero-order chi connectivity index (χ0) is 26.3. The molecule has 2 N–H and O–H groups in total. The van der Waals surface area contributed by atoms with Gasteiger partial charge in [0.1, 0.15) is 0 Å². The topological polar surface area (TPSA) is 112 Å². The second-order valence-corrected chi connectivity index (χ2v) is 15.6. The number of nitrogens with zero attached hydrogens (tertiary/aromatic N) is 1. The van der Waals surface area contributed by atoms with E-state index in [1.807, 2.05) is 0 Å². The minimum absolute atomic E-state index is 0.0131. The molecule has 2 saturated heterocycles. The third-order valence-corrected chi connectivity index (χ3v) is 13.1. The molecule has 0 bridgehead atoms. The van der Waals surface area contributed by atoms with Crippen molar-refractivity contribution in [2.75, 3.05) is 18.8 Å². The Kier molecular flexibility index (Phi) is 5.98. The van der Waals surface area contributed by atoms with Gasteiger partial charge in [-0.05, 0) is 72.7 Å². The summed E-state index contributed by atoms with van der Waals surface area (Å²) < 4.78 is 27.7. The normalized spacial score (nSPS) is 41.7. The predicted octanol–water partition coefficient (Wildman–Crippen LogP) is 4.35. The zero-order valence-electron chi connectivity index (χ0n) is 22.0. The number of sulfone groups is 1. The third kappa shape index (κ3) is 3.76. The minimum Gasteiger partial charge on any atom is -0.512 e. The average molecular weight is 520 g/mol. The van der Waals surface area contributed by atoms with Crippen molar-refractivity contribution >= 4 is 21.7 Å². The number of rotatable bonds is 2. The highest BCUT2D eigenvalue weighted by atomic mass is 32.2. The summed E-state index contributed by atoms with van der Waals surface area (Å²) in [7, 11) is -3.59. The van der Waals surface area contributed by atoms with E-state index in [0.717, 1.165) is 25.7 Å². The number of aliphatic hydroxyl groups excluding tert-OH is 1. The van der Waals surface area contributed by atoms with Crippen molar-refractivity contribution in [2.45, 2.75) is 77.9 Å². The zero-order valence-corrected chi connectivity index (χ0v) is 22.8. The summed E-state index contributed by atoms with van der Waals surface area (Å²) in [6.07, 6.45) is 9.02. The summed E-state index contributed by atoms with van der Waals surface area (Å²) in [5.41, 5.74) is -0.0686. The first-order valence-electron chi connectivity index (χ1n) is 13.6. The van der Waals surface area contributed by atoms with Crippen molar-refractivity contribution in [3.8, 4) is 0 Å². The summed E-state index contributed by atoms with van der Waals surface area (Å²) in [6.45, 7) is 9.77. The van der Waals surface area contributed by atoms with Gasteiger partial charge in [-0.3, -0.25) is 9.59 Å². The maximum absolute atomic E-state index is 13.8. The molecule has 2 saturated carbocycles.